The fourth-order valence-corrected chi connectivity index (χ4v) is 3.86. The molecule has 0 aliphatic carbocycles. The summed E-state index contributed by atoms with van der Waals surface area (Å²) in [6.07, 6.45) is -0.0713. The molecular weight excluding hydrogens is 406 g/mol. The maximum absolute atomic E-state index is 13.6. The predicted molar refractivity (Wildman–Crippen MR) is 123 cm³/mol. The van der Waals surface area contributed by atoms with E-state index in [-0.39, 0.29) is 11.9 Å². The van der Waals surface area contributed by atoms with Gasteiger partial charge in [-0.3, -0.25) is 14.4 Å². The van der Waals surface area contributed by atoms with E-state index < -0.39 is 30.1 Å². The van der Waals surface area contributed by atoms with Crippen LogP contribution < -0.4 is 0 Å². The maximum atomic E-state index is 13.6. The van der Waals surface area contributed by atoms with Crippen LogP contribution in [0, 0.1) is 5.92 Å². The molecule has 0 fully saturated rings. The number of hydrogen-bond donors (Lipinski definition) is 0. The first-order valence-electron chi connectivity index (χ1n) is 10.9. The van der Waals surface area contributed by atoms with Crippen LogP contribution in [0.1, 0.15) is 51.3 Å². The predicted octanol–water partition coefficient (Wildman–Crippen LogP) is 4.34. The van der Waals surface area contributed by atoms with Crippen LogP contribution in [0.25, 0.3) is 0 Å². The number of nitrogens with zero attached hydrogens (tertiary/aromatic N) is 1. The van der Waals surface area contributed by atoms with Gasteiger partial charge in [-0.1, -0.05) is 60.7 Å². The van der Waals surface area contributed by atoms with Gasteiger partial charge in [0.1, 0.15) is 6.10 Å². The average Bonchev–Trinajstić information content (AvgIpc) is 2.76. The average molecular weight is 440 g/mol. The zero-order chi connectivity index (χ0) is 23.7. The second kappa shape index (κ2) is 12.0. The summed E-state index contributed by atoms with van der Waals surface area (Å²) >= 11 is 0. The molecule has 0 heterocycles. The number of likely N-dealkylation sites (N-methyl/N-ethyl adjacent to an activating group) is 1. The molecule has 0 aliphatic rings. The van der Waals surface area contributed by atoms with E-state index >= 15 is 0 Å². The highest BCUT2D eigenvalue weighted by molar-refractivity contribution is 5.79. The third-order valence-corrected chi connectivity index (χ3v) is 5.48. The van der Waals surface area contributed by atoms with Crippen molar-refractivity contribution in [2.75, 3.05) is 7.05 Å². The summed E-state index contributed by atoms with van der Waals surface area (Å²) in [4.78, 5) is 38.4. The summed E-state index contributed by atoms with van der Waals surface area (Å²) in [6.45, 7) is 6.39. The standard InChI is InChI=1S/C26H33NO5/c1-18(31-20(3)28)16-24(17-22-12-8-6-9-13-22)26(30)27(5)19(2)25(32-21(4)29)23-14-10-7-11-15-23/h6-15,18-19,24-25H,16-17H2,1-5H3/t18-,19+,24-,25-/m1/s1. The summed E-state index contributed by atoms with van der Waals surface area (Å²) in [7, 11) is 1.72. The lowest BCUT2D eigenvalue weighted by Gasteiger charge is -2.34. The lowest BCUT2D eigenvalue weighted by atomic mass is 9.91. The van der Waals surface area contributed by atoms with Gasteiger partial charge in [-0.25, -0.2) is 0 Å². The lowest BCUT2D eigenvalue weighted by molar-refractivity contribution is -0.155. The Hall–Kier alpha value is -3.15. The first-order valence-corrected chi connectivity index (χ1v) is 10.9. The Morgan fingerprint density at radius 3 is 1.91 bits per heavy atom. The van der Waals surface area contributed by atoms with Gasteiger partial charge in [-0.05, 0) is 37.8 Å². The van der Waals surface area contributed by atoms with E-state index in [1.807, 2.05) is 67.6 Å². The molecule has 0 bridgehead atoms. The van der Waals surface area contributed by atoms with Crippen molar-refractivity contribution in [3.63, 3.8) is 0 Å². The summed E-state index contributed by atoms with van der Waals surface area (Å²) < 4.78 is 10.9. The van der Waals surface area contributed by atoms with Gasteiger partial charge in [0.15, 0.2) is 0 Å². The molecule has 32 heavy (non-hydrogen) atoms. The molecule has 0 aromatic heterocycles. The zero-order valence-electron chi connectivity index (χ0n) is 19.5. The number of hydrogen-bond acceptors (Lipinski definition) is 5. The molecule has 0 spiro atoms. The summed E-state index contributed by atoms with van der Waals surface area (Å²) in [6, 6.07) is 18.8. The Bertz CT molecular complexity index is 884. The van der Waals surface area contributed by atoms with Crippen LogP contribution in [-0.4, -0.2) is 41.9 Å². The van der Waals surface area contributed by atoms with Crippen LogP contribution in [0.3, 0.4) is 0 Å². The van der Waals surface area contributed by atoms with Crippen molar-refractivity contribution in [2.45, 2.75) is 58.8 Å². The lowest BCUT2D eigenvalue weighted by Crippen LogP contribution is -2.44. The van der Waals surface area contributed by atoms with E-state index in [0.29, 0.717) is 12.8 Å². The first-order chi connectivity index (χ1) is 15.2. The van der Waals surface area contributed by atoms with Crippen LogP contribution in [0.5, 0.6) is 0 Å². The van der Waals surface area contributed by atoms with Gasteiger partial charge in [0.05, 0.1) is 12.1 Å². The van der Waals surface area contributed by atoms with Gasteiger partial charge in [0.25, 0.3) is 0 Å². The Labute approximate surface area is 190 Å². The Kier molecular flexibility index (Phi) is 9.44. The molecule has 6 nitrogen and oxygen atoms in total. The largest absolute Gasteiger partial charge is 0.463 e. The SMILES string of the molecule is CC(=O)O[C@H](C)C[C@H](Cc1ccccc1)C(=O)N(C)[C@@H](C)[C@@H](OC(C)=O)c1ccccc1. The van der Waals surface area contributed by atoms with E-state index in [9.17, 15) is 14.4 Å². The van der Waals surface area contributed by atoms with Crippen LogP contribution in [0.15, 0.2) is 60.7 Å². The third-order valence-electron chi connectivity index (χ3n) is 5.48. The van der Waals surface area contributed by atoms with Gasteiger partial charge < -0.3 is 14.4 Å². The Morgan fingerprint density at radius 2 is 1.38 bits per heavy atom. The van der Waals surface area contributed by atoms with E-state index in [0.717, 1.165) is 11.1 Å². The molecule has 0 radical (unpaired) electrons. The van der Waals surface area contributed by atoms with Crippen molar-refractivity contribution in [2.24, 2.45) is 5.92 Å². The van der Waals surface area contributed by atoms with Crippen molar-refractivity contribution in [3.8, 4) is 0 Å². The van der Waals surface area contributed by atoms with Crippen LogP contribution in [0.2, 0.25) is 0 Å². The molecule has 0 saturated heterocycles. The molecule has 172 valence electrons. The number of carbonyl (C=O) groups excluding carboxylic acids is 3. The van der Waals surface area contributed by atoms with Crippen LogP contribution in [0.4, 0.5) is 0 Å². The number of carbonyl (C=O) groups is 3. The smallest absolute Gasteiger partial charge is 0.303 e. The van der Waals surface area contributed by atoms with Crippen LogP contribution >= 0.6 is 0 Å². The Balaban J connectivity index is 2.26. The topological polar surface area (TPSA) is 72.9 Å². The molecule has 0 aliphatic heterocycles. The number of rotatable bonds is 10. The van der Waals surface area contributed by atoms with Gasteiger partial charge in [0.2, 0.25) is 5.91 Å². The molecule has 2 aromatic carbocycles. The second-order valence-corrected chi connectivity index (χ2v) is 8.17. The molecule has 6 heteroatoms. The van der Waals surface area contributed by atoms with Gasteiger partial charge in [0, 0.05) is 26.8 Å². The van der Waals surface area contributed by atoms with Gasteiger partial charge in [-0.15, -0.1) is 0 Å². The highest BCUT2D eigenvalue weighted by Gasteiger charge is 2.33. The number of benzene rings is 2. The van der Waals surface area contributed by atoms with Crippen molar-refractivity contribution < 1.29 is 23.9 Å². The highest BCUT2D eigenvalue weighted by Crippen LogP contribution is 2.27. The first kappa shape index (κ1) is 25.1. The molecule has 0 saturated carbocycles. The number of amides is 1. The van der Waals surface area contributed by atoms with Gasteiger partial charge in [-0.2, -0.15) is 0 Å². The van der Waals surface area contributed by atoms with Crippen molar-refractivity contribution in [1.82, 2.24) is 4.90 Å². The quantitative estimate of drug-likeness (QED) is 0.515. The summed E-state index contributed by atoms with van der Waals surface area (Å²) in [5.74, 6) is -1.26. The van der Waals surface area contributed by atoms with Crippen LogP contribution in [-0.2, 0) is 30.3 Å². The zero-order valence-corrected chi connectivity index (χ0v) is 19.5. The molecule has 1 amide bonds. The summed E-state index contributed by atoms with van der Waals surface area (Å²) in [5.41, 5.74) is 1.85. The van der Waals surface area contributed by atoms with E-state index in [1.54, 1.807) is 18.9 Å². The maximum Gasteiger partial charge on any atom is 0.303 e. The summed E-state index contributed by atoms with van der Waals surface area (Å²) in [5, 5.41) is 0. The molecule has 2 rings (SSSR count). The minimum atomic E-state index is -0.592. The molecule has 0 unspecified atom stereocenters. The van der Waals surface area contributed by atoms with E-state index in [2.05, 4.69) is 0 Å². The normalized spacial score (nSPS) is 14.5. The van der Waals surface area contributed by atoms with Crippen molar-refractivity contribution >= 4 is 17.8 Å². The number of ether oxygens (including phenoxy) is 2. The third kappa shape index (κ3) is 7.52. The molecular formula is C26H33NO5. The minimum Gasteiger partial charge on any atom is -0.463 e. The van der Waals surface area contributed by atoms with Gasteiger partial charge >= 0.3 is 11.9 Å². The van der Waals surface area contributed by atoms with E-state index in [4.69, 9.17) is 9.47 Å². The van der Waals surface area contributed by atoms with Crippen molar-refractivity contribution in [1.29, 1.82) is 0 Å². The fraction of sp³-hybridized carbons (Fsp3) is 0.423. The van der Waals surface area contributed by atoms with Crippen molar-refractivity contribution in [3.05, 3.63) is 71.8 Å². The second-order valence-electron chi connectivity index (χ2n) is 8.17. The minimum absolute atomic E-state index is 0.0894. The molecule has 0 N–H and O–H groups in total. The molecule has 2 aromatic rings. The molecule has 4 atom stereocenters. The van der Waals surface area contributed by atoms with E-state index in [1.165, 1.54) is 13.8 Å². The highest BCUT2D eigenvalue weighted by atomic mass is 16.5. The fourth-order valence-electron chi connectivity index (χ4n) is 3.86. The Morgan fingerprint density at radius 1 is 0.844 bits per heavy atom. The number of esters is 2. The monoisotopic (exact) mass is 439 g/mol.